The van der Waals surface area contributed by atoms with Gasteiger partial charge in [-0.1, -0.05) is 6.07 Å². The SMILES string of the molecule is CCOC(CCCCc1ccc(F)cc1F)(O[SiH3])OCC. The van der Waals surface area contributed by atoms with Crippen molar-refractivity contribution >= 4 is 10.5 Å². The van der Waals surface area contributed by atoms with Crippen molar-refractivity contribution in [2.45, 2.75) is 45.5 Å². The molecule has 120 valence electrons. The van der Waals surface area contributed by atoms with E-state index in [-0.39, 0.29) is 0 Å². The molecule has 0 saturated heterocycles. The minimum atomic E-state index is -0.961. The van der Waals surface area contributed by atoms with Crippen LogP contribution in [0.15, 0.2) is 18.2 Å². The van der Waals surface area contributed by atoms with Gasteiger partial charge in [0.1, 0.15) is 11.6 Å². The summed E-state index contributed by atoms with van der Waals surface area (Å²) in [5.74, 6) is -2.00. The van der Waals surface area contributed by atoms with Gasteiger partial charge in [-0.25, -0.2) is 8.78 Å². The predicted molar refractivity (Wildman–Crippen MR) is 80.9 cm³/mol. The zero-order valence-corrected chi connectivity index (χ0v) is 15.0. The van der Waals surface area contributed by atoms with Crippen LogP contribution in [0.1, 0.15) is 38.7 Å². The molecule has 1 aromatic rings. The second-order valence-electron chi connectivity index (χ2n) is 4.70. The quantitative estimate of drug-likeness (QED) is 0.377. The minimum Gasteiger partial charge on any atom is -0.380 e. The minimum absolute atomic E-state index is 0.491. The maximum atomic E-state index is 13.5. The van der Waals surface area contributed by atoms with Crippen LogP contribution in [0.4, 0.5) is 8.78 Å². The van der Waals surface area contributed by atoms with Gasteiger partial charge in [-0.15, -0.1) is 0 Å². The summed E-state index contributed by atoms with van der Waals surface area (Å²) >= 11 is 0. The van der Waals surface area contributed by atoms with Crippen molar-refractivity contribution in [1.29, 1.82) is 0 Å². The highest BCUT2D eigenvalue weighted by atomic mass is 28.2. The molecule has 0 spiro atoms. The summed E-state index contributed by atoms with van der Waals surface area (Å²) in [5, 5.41) is 0. The Morgan fingerprint density at radius 3 is 2.29 bits per heavy atom. The van der Waals surface area contributed by atoms with E-state index in [0.29, 0.717) is 42.1 Å². The molecular weight excluding hydrogens is 294 g/mol. The Morgan fingerprint density at radius 1 is 1.10 bits per heavy atom. The number of halogens is 2. The molecule has 0 aliphatic carbocycles. The van der Waals surface area contributed by atoms with Gasteiger partial charge in [0.15, 0.2) is 10.5 Å². The Bertz CT molecular complexity index is 423. The van der Waals surface area contributed by atoms with Crippen molar-refractivity contribution < 1.29 is 22.7 Å². The van der Waals surface area contributed by atoms with Crippen LogP contribution < -0.4 is 0 Å². The molecule has 0 aliphatic heterocycles. The molecule has 0 aliphatic rings. The van der Waals surface area contributed by atoms with Crippen LogP contribution in [0.2, 0.25) is 0 Å². The normalized spacial score (nSPS) is 12.0. The lowest BCUT2D eigenvalue weighted by atomic mass is 10.1. The Balaban J connectivity index is 2.46. The first kappa shape index (κ1) is 18.2. The second-order valence-corrected chi connectivity index (χ2v) is 5.10. The van der Waals surface area contributed by atoms with Gasteiger partial charge in [0.2, 0.25) is 0 Å². The van der Waals surface area contributed by atoms with E-state index in [2.05, 4.69) is 0 Å². The Labute approximate surface area is 128 Å². The molecule has 0 N–H and O–H groups in total. The average Bonchev–Trinajstić information content (AvgIpc) is 2.45. The van der Waals surface area contributed by atoms with Gasteiger partial charge in [0.25, 0.3) is 5.97 Å². The van der Waals surface area contributed by atoms with E-state index in [1.54, 1.807) is 0 Å². The summed E-state index contributed by atoms with van der Waals surface area (Å²) in [6, 6.07) is 3.69. The molecule has 1 rings (SSSR count). The van der Waals surface area contributed by atoms with E-state index >= 15 is 0 Å². The van der Waals surface area contributed by atoms with E-state index in [1.807, 2.05) is 13.8 Å². The Kier molecular flexibility index (Phi) is 8.03. The molecule has 0 aromatic heterocycles. The molecule has 0 fully saturated rings. The third-order valence-corrected chi connectivity index (χ3v) is 3.86. The fourth-order valence-electron chi connectivity index (χ4n) is 2.23. The van der Waals surface area contributed by atoms with E-state index in [4.69, 9.17) is 13.9 Å². The van der Waals surface area contributed by atoms with Crippen molar-refractivity contribution in [1.82, 2.24) is 0 Å². The summed E-state index contributed by atoms with van der Waals surface area (Å²) in [7, 11) is 0.514. The number of rotatable bonds is 10. The van der Waals surface area contributed by atoms with Gasteiger partial charge in [0, 0.05) is 25.7 Å². The van der Waals surface area contributed by atoms with Gasteiger partial charge in [-0.05, 0) is 44.7 Å². The third kappa shape index (κ3) is 5.82. The van der Waals surface area contributed by atoms with Crippen molar-refractivity contribution in [3.8, 4) is 0 Å². The molecule has 0 unspecified atom stereocenters. The monoisotopic (exact) mass is 318 g/mol. The van der Waals surface area contributed by atoms with Crippen LogP contribution in [0, 0.1) is 11.6 Å². The first-order valence-corrected chi connectivity index (χ1v) is 8.15. The van der Waals surface area contributed by atoms with E-state index in [1.165, 1.54) is 12.1 Å². The van der Waals surface area contributed by atoms with Gasteiger partial charge < -0.3 is 13.9 Å². The molecule has 0 saturated carbocycles. The lowest BCUT2D eigenvalue weighted by Crippen LogP contribution is -2.38. The predicted octanol–water partition coefficient (Wildman–Crippen LogP) is 2.70. The van der Waals surface area contributed by atoms with Crippen molar-refractivity contribution in [3.63, 3.8) is 0 Å². The number of unbranched alkanes of at least 4 members (excludes halogenated alkanes) is 1. The number of hydrogen-bond donors (Lipinski definition) is 0. The Hall–Kier alpha value is -0.823. The fourth-order valence-corrected chi connectivity index (χ4v) is 2.67. The van der Waals surface area contributed by atoms with Crippen LogP contribution >= 0.6 is 0 Å². The zero-order chi connectivity index (χ0) is 15.7. The third-order valence-electron chi connectivity index (χ3n) is 3.23. The smallest absolute Gasteiger partial charge is 0.272 e. The highest BCUT2D eigenvalue weighted by Crippen LogP contribution is 2.23. The van der Waals surface area contributed by atoms with Gasteiger partial charge >= 0.3 is 0 Å². The molecule has 0 bridgehead atoms. The summed E-state index contributed by atoms with van der Waals surface area (Å²) < 4.78 is 43.0. The number of aryl methyl sites for hydroxylation is 1. The fraction of sp³-hybridized carbons (Fsp3) is 0.600. The summed E-state index contributed by atoms with van der Waals surface area (Å²) in [4.78, 5) is 0. The van der Waals surface area contributed by atoms with Crippen LogP contribution in [-0.2, 0) is 20.3 Å². The zero-order valence-electron chi connectivity index (χ0n) is 13.0. The lowest BCUT2D eigenvalue weighted by Gasteiger charge is -2.31. The molecule has 1 aromatic carbocycles. The number of benzene rings is 1. The van der Waals surface area contributed by atoms with E-state index < -0.39 is 17.6 Å². The molecule has 21 heavy (non-hydrogen) atoms. The molecule has 0 atom stereocenters. The van der Waals surface area contributed by atoms with Crippen LogP contribution in [0.25, 0.3) is 0 Å². The van der Waals surface area contributed by atoms with Crippen molar-refractivity contribution in [3.05, 3.63) is 35.4 Å². The summed E-state index contributed by atoms with van der Waals surface area (Å²) in [6.45, 7) is 4.80. The summed E-state index contributed by atoms with van der Waals surface area (Å²) in [5.41, 5.74) is 0.529. The van der Waals surface area contributed by atoms with E-state index in [0.717, 1.165) is 18.9 Å². The largest absolute Gasteiger partial charge is 0.380 e. The lowest BCUT2D eigenvalue weighted by molar-refractivity contribution is -0.344. The van der Waals surface area contributed by atoms with Crippen LogP contribution in [0.5, 0.6) is 0 Å². The van der Waals surface area contributed by atoms with Gasteiger partial charge in [-0.2, -0.15) is 0 Å². The first-order chi connectivity index (χ1) is 10.1. The van der Waals surface area contributed by atoms with Crippen molar-refractivity contribution in [2.75, 3.05) is 13.2 Å². The number of ether oxygens (including phenoxy) is 2. The molecule has 0 radical (unpaired) electrons. The van der Waals surface area contributed by atoms with Crippen molar-refractivity contribution in [2.24, 2.45) is 0 Å². The van der Waals surface area contributed by atoms with Crippen LogP contribution in [-0.4, -0.2) is 29.7 Å². The van der Waals surface area contributed by atoms with Gasteiger partial charge in [-0.3, -0.25) is 0 Å². The number of hydrogen-bond acceptors (Lipinski definition) is 3. The topological polar surface area (TPSA) is 27.7 Å². The van der Waals surface area contributed by atoms with Gasteiger partial charge in [0.05, 0.1) is 0 Å². The Morgan fingerprint density at radius 2 is 1.76 bits per heavy atom. The van der Waals surface area contributed by atoms with E-state index in [9.17, 15) is 8.78 Å². The molecule has 6 heteroatoms. The van der Waals surface area contributed by atoms with Crippen LogP contribution in [0.3, 0.4) is 0 Å². The maximum Gasteiger partial charge on any atom is 0.272 e. The molecule has 0 amide bonds. The molecule has 0 heterocycles. The second kappa shape index (κ2) is 9.25. The standard InChI is InChI=1S/C15H24F2O3Si/c1-3-18-15(20-21,19-4-2)10-6-5-7-12-8-9-13(16)11-14(12)17/h8-9,11H,3-7,10H2,1-2,21H3. The first-order valence-electron chi connectivity index (χ1n) is 7.34. The average molecular weight is 318 g/mol. The highest BCUT2D eigenvalue weighted by molar-refractivity contribution is 5.98. The molecule has 3 nitrogen and oxygen atoms in total. The molecular formula is C15H24F2O3Si. The highest BCUT2D eigenvalue weighted by Gasteiger charge is 2.29. The summed E-state index contributed by atoms with van der Waals surface area (Å²) in [6.07, 6.45) is 2.69. The maximum absolute atomic E-state index is 13.5.